The molecule has 232 valence electrons. The fourth-order valence-electron chi connectivity index (χ4n) is 6.64. The first-order valence-electron chi connectivity index (χ1n) is 12.3. The molecule has 0 unspecified atom stereocenters. The lowest BCUT2D eigenvalue weighted by Crippen LogP contribution is -3.00. The van der Waals surface area contributed by atoms with E-state index < -0.39 is 29.8 Å². The molecule has 0 saturated carbocycles. The van der Waals surface area contributed by atoms with Crippen LogP contribution in [0.2, 0.25) is 0 Å². The molecule has 0 radical (unpaired) electrons. The Labute approximate surface area is 251 Å². The summed E-state index contributed by atoms with van der Waals surface area (Å²) in [5.41, 5.74) is 0. The summed E-state index contributed by atoms with van der Waals surface area (Å²) in [4.78, 5) is 0. The quantitative estimate of drug-likeness (QED) is 0.203. The lowest BCUT2D eigenvalue weighted by atomic mass is 11.2. The molecular formula is C22H60Cl2N10P4. The average molecular weight is 660 g/mol. The minimum absolute atomic E-state index is 0. The Morgan fingerprint density at radius 2 is 0.447 bits per heavy atom. The van der Waals surface area contributed by atoms with Gasteiger partial charge in [0.05, 0.1) is 0 Å². The van der Waals surface area contributed by atoms with Crippen molar-refractivity contribution in [2.24, 2.45) is 0 Å². The standard InChI is InChI=1S/C22H60N10P4.2ClH/c1-23(2)33(24(3)4)21(35(27(9)10,28(11)12)29(13)14)34(25(5)6,26(7)8)22(33)36(30(15)16,31(17)18)32(19)20;;/h1-20H3;2*1H/q+2;;/p-2. The third kappa shape index (κ3) is 5.30. The molecule has 1 aliphatic rings. The Kier molecular flexibility index (Phi) is 15.8. The predicted molar refractivity (Wildman–Crippen MR) is 175 cm³/mol. The van der Waals surface area contributed by atoms with Gasteiger partial charge in [0.1, 0.15) is 14.4 Å². The highest BCUT2D eigenvalue weighted by atomic mass is 35.5. The van der Waals surface area contributed by atoms with E-state index in [0.29, 0.717) is 0 Å². The van der Waals surface area contributed by atoms with Crippen molar-refractivity contribution in [3.05, 3.63) is 0 Å². The molecule has 0 amide bonds. The minimum atomic E-state index is -2.11. The van der Waals surface area contributed by atoms with E-state index in [1.54, 1.807) is 9.55 Å². The molecule has 0 aromatic carbocycles. The molecule has 0 aromatic rings. The maximum atomic E-state index is 2.60. The van der Waals surface area contributed by atoms with E-state index in [1.165, 1.54) is 0 Å². The van der Waals surface area contributed by atoms with Crippen LogP contribution in [0.25, 0.3) is 0 Å². The van der Waals surface area contributed by atoms with Gasteiger partial charge >= 0.3 is 0 Å². The van der Waals surface area contributed by atoms with Gasteiger partial charge in [-0.3, -0.25) is 18.7 Å². The van der Waals surface area contributed by atoms with E-state index in [-0.39, 0.29) is 24.8 Å². The Morgan fingerprint density at radius 1 is 0.316 bits per heavy atom. The summed E-state index contributed by atoms with van der Waals surface area (Å²) in [6, 6.07) is 0. The van der Waals surface area contributed by atoms with Crippen molar-refractivity contribution in [2.45, 2.75) is 0 Å². The van der Waals surface area contributed by atoms with E-state index in [0.717, 1.165) is 0 Å². The molecule has 0 spiro atoms. The Balaban J connectivity index is 0. The van der Waals surface area contributed by atoms with Crippen molar-refractivity contribution >= 4 is 39.4 Å². The second kappa shape index (κ2) is 14.4. The topological polar surface area (TPSA) is 32.4 Å². The van der Waals surface area contributed by atoms with E-state index >= 15 is 0 Å². The van der Waals surface area contributed by atoms with Crippen molar-refractivity contribution in [2.75, 3.05) is 141 Å². The van der Waals surface area contributed by atoms with Gasteiger partial charge in [0.25, 0.3) is 15.4 Å². The molecule has 0 fully saturated rings. The highest BCUT2D eigenvalue weighted by Gasteiger charge is 2.78. The molecule has 0 bridgehead atoms. The second-order valence-corrected chi connectivity index (χ2v) is 28.9. The average Bonchev–Trinajstić information content (AvgIpc) is 2.64. The van der Waals surface area contributed by atoms with Gasteiger partial charge in [-0.1, -0.05) is 0 Å². The summed E-state index contributed by atoms with van der Waals surface area (Å²) in [5, 5.41) is 0. The Hall–Kier alpha value is 1.64. The summed E-state index contributed by atoms with van der Waals surface area (Å²) in [5.74, 6) is 0. The van der Waals surface area contributed by atoms with Crippen molar-refractivity contribution in [3.8, 4) is 0 Å². The van der Waals surface area contributed by atoms with Crippen LogP contribution in [0.5, 0.6) is 0 Å². The smallest absolute Gasteiger partial charge is 0.266 e. The lowest BCUT2D eigenvalue weighted by Gasteiger charge is -2.62. The van der Waals surface area contributed by atoms with Gasteiger partial charge in [0.15, 0.2) is 0 Å². The van der Waals surface area contributed by atoms with Crippen LogP contribution in [0.1, 0.15) is 0 Å². The van der Waals surface area contributed by atoms with Crippen LogP contribution in [-0.2, 0) is 0 Å². The van der Waals surface area contributed by atoms with Crippen LogP contribution in [0.4, 0.5) is 0 Å². The molecule has 1 aliphatic heterocycles. The first-order valence-corrected chi connectivity index (χ1v) is 19.0. The summed E-state index contributed by atoms with van der Waals surface area (Å²) in [6.07, 6.45) is 0. The van der Waals surface area contributed by atoms with E-state index in [9.17, 15) is 0 Å². The first kappa shape index (κ1) is 41.8. The molecule has 1 rings (SSSR count). The van der Waals surface area contributed by atoms with Crippen LogP contribution in [-0.4, -0.2) is 197 Å². The van der Waals surface area contributed by atoms with Crippen LogP contribution >= 0.6 is 29.8 Å². The summed E-state index contributed by atoms with van der Waals surface area (Å²) < 4.78 is 29.0. The SMILES string of the molecule is CN(C)P1(N(C)C)=C([P+](N(C)C)(N(C)C)N(C)C)P(N(C)C)(N(C)C)=C1[P+](N(C)C)(N(C)C)N(C)C.[Cl-].[Cl-]. The van der Waals surface area contributed by atoms with Crippen molar-refractivity contribution < 1.29 is 24.8 Å². The largest absolute Gasteiger partial charge is 1.00 e. The third-order valence-electron chi connectivity index (χ3n) is 7.31. The molecule has 0 atom stereocenters. The molecule has 38 heavy (non-hydrogen) atoms. The van der Waals surface area contributed by atoms with Crippen molar-refractivity contribution in [1.29, 1.82) is 0 Å². The Morgan fingerprint density at radius 3 is 0.526 bits per heavy atom. The van der Waals surface area contributed by atoms with Crippen LogP contribution in [0, 0.1) is 0 Å². The van der Waals surface area contributed by atoms with E-state index in [4.69, 9.17) is 0 Å². The van der Waals surface area contributed by atoms with Gasteiger partial charge in [-0.25, -0.2) is 0 Å². The number of rotatable bonds is 12. The molecule has 16 heteroatoms. The highest BCUT2D eigenvalue weighted by Crippen LogP contribution is 2.97. The predicted octanol–water partition coefficient (Wildman–Crippen LogP) is -2.98. The highest BCUT2D eigenvalue weighted by molar-refractivity contribution is 8.44. The van der Waals surface area contributed by atoms with Gasteiger partial charge < -0.3 is 24.8 Å². The molecule has 0 aromatic heterocycles. The van der Waals surface area contributed by atoms with E-state index in [1.807, 2.05) is 0 Å². The zero-order chi connectivity index (χ0) is 28.9. The molecule has 1 heterocycles. The zero-order valence-electron chi connectivity index (χ0n) is 28.0. The molecular weight excluding hydrogens is 599 g/mol. The maximum absolute atomic E-state index is 2.60. The summed E-state index contributed by atoms with van der Waals surface area (Å²) >= 11 is 0. The van der Waals surface area contributed by atoms with Gasteiger partial charge in [-0.05, 0) is 56.4 Å². The van der Waals surface area contributed by atoms with Gasteiger partial charge in [0, 0.05) is 84.6 Å². The fourth-order valence-corrected chi connectivity index (χ4v) is 45.0. The third-order valence-corrected chi connectivity index (χ3v) is 31.9. The van der Waals surface area contributed by atoms with Crippen LogP contribution in [0.15, 0.2) is 0 Å². The maximum Gasteiger partial charge on any atom is 0.266 e. The van der Waals surface area contributed by atoms with Crippen LogP contribution in [0.3, 0.4) is 0 Å². The molecule has 0 aliphatic carbocycles. The summed E-state index contributed by atoms with van der Waals surface area (Å²) in [6.45, 7) is 0. The molecule has 10 nitrogen and oxygen atoms in total. The molecule has 0 N–H and O–H groups in total. The first-order chi connectivity index (χ1) is 16.2. The molecule has 0 saturated heterocycles. The monoisotopic (exact) mass is 658 g/mol. The minimum Gasteiger partial charge on any atom is -1.00 e. The van der Waals surface area contributed by atoms with Crippen molar-refractivity contribution in [3.63, 3.8) is 0 Å². The van der Waals surface area contributed by atoms with Crippen molar-refractivity contribution in [1.82, 2.24) is 46.7 Å². The van der Waals surface area contributed by atoms with Gasteiger partial charge in [0.2, 0.25) is 9.55 Å². The fraction of sp³-hybridized carbons (Fsp3) is 0.909. The number of hydrogen-bond donors (Lipinski definition) is 0. The van der Waals surface area contributed by atoms with Gasteiger partial charge in [-0.15, -0.1) is 28.0 Å². The number of hydrogen-bond acceptors (Lipinski definition) is 10. The summed E-state index contributed by atoms with van der Waals surface area (Å²) in [7, 11) is 37.5. The second-order valence-electron chi connectivity index (χ2n) is 11.4. The zero-order valence-corrected chi connectivity index (χ0v) is 33.1. The lowest BCUT2D eigenvalue weighted by molar-refractivity contribution is -0.00100. The normalized spacial score (nSPS) is 18.2. The van der Waals surface area contributed by atoms with Gasteiger partial charge in [-0.2, -0.15) is 0 Å². The number of nitrogens with zero attached hydrogens (tertiary/aromatic N) is 10. The Bertz CT molecular complexity index is 746. The van der Waals surface area contributed by atoms with E-state index in [2.05, 4.69) is 188 Å². The van der Waals surface area contributed by atoms with Crippen LogP contribution < -0.4 is 24.8 Å². The number of halogens is 2.